The average Bonchev–Trinajstić information content (AvgIpc) is 2.23. The van der Waals surface area contributed by atoms with E-state index in [1.165, 1.54) is 0 Å². The largest absolute Gasteiger partial charge is 0.481 e. The first-order valence-corrected chi connectivity index (χ1v) is 5.82. The van der Waals surface area contributed by atoms with E-state index in [1.54, 1.807) is 11.0 Å². The van der Waals surface area contributed by atoms with E-state index >= 15 is 0 Å². The maximum absolute atomic E-state index is 11.9. The van der Waals surface area contributed by atoms with E-state index in [-0.39, 0.29) is 24.5 Å². The molecule has 98 valence electrons. The minimum atomic E-state index is -0.906. The van der Waals surface area contributed by atoms with Crippen molar-refractivity contribution in [3.8, 4) is 0 Å². The highest BCUT2D eigenvalue weighted by atomic mass is 16.4. The van der Waals surface area contributed by atoms with Crippen LogP contribution in [0, 0.1) is 0 Å². The molecule has 0 aliphatic rings. The molecule has 2 amide bonds. The third-order valence-electron chi connectivity index (χ3n) is 2.45. The zero-order chi connectivity index (χ0) is 13.4. The summed E-state index contributed by atoms with van der Waals surface area (Å²) >= 11 is 0. The van der Waals surface area contributed by atoms with Gasteiger partial charge in [-0.3, -0.25) is 4.79 Å². The Hall–Kier alpha value is -1.52. The predicted octanol–water partition coefficient (Wildman–Crippen LogP) is 1.85. The van der Waals surface area contributed by atoms with E-state index in [0.29, 0.717) is 13.0 Å². The van der Waals surface area contributed by atoms with Gasteiger partial charge in [-0.05, 0) is 20.3 Å². The van der Waals surface area contributed by atoms with Gasteiger partial charge in [0.05, 0.1) is 6.42 Å². The number of nitrogens with one attached hydrogen (secondary N) is 1. The lowest BCUT2D eigenvalue weighted by molar-refractivity contribution is -0.137. The molecule has 0 spiro atoms. The zero-order valence-corrected chi connectivity index (χ0v) is 10.8. The monoisotopic (exact) mass is 242 g/mol. The molecule has 0 aliphatic heterocycles. The second kappa shape index (κ2) is 7.70. The summed E-state index contributed by atoms with van der Waals surface area (Å²) in [7, 11) is 0. The van der Waals surface area contributed by atoms with Crippen LogP contribution in [-0.2, 0) is 4.79 Å². The number of carboxylic acid groups (broad SMARTS) is 1. The first kappa shape index (κ1) is 15.5. The summed E-state index contributed by atoms with van der Waals surface area (Å²) in [5.74, 6) is -0.906. The topological polar surface area (TPSA) is 69.6 Å². The Kier molecular flexibility index (Phi) is 7.02. The van der Waals surface area contributed by atoms with Crippen LogP contribution in [0.3, 0.4) is 0 Å². The van der Waals surface area contributed by atoms with Gasteiger partial charge in [-0.25, -0.2) is 4.79 Å². The van der Waals surface area contributed by atoms with Gasteiger partial charge in [-0.1, -0.05) is 13.0 Å². The Balaban J connectivity index is 4.45. The molecule has 1 atom stereocenters. The van der Waals surface area contributed by atoms with E-state index in [0.717, 1.165) is 0 Å². The SMILES string of the molecule is C=CCN(C(=O)NC(CC)CC(=O)O)C(C)C. The molecule has 0 aromatic heterocycles. The molecule has 0 aromatic rings. The average molecular weight is 242 g/mol. The second-order valence-electron chi connectivity index (χ2n) is 4.19. The number of amides is 2. The maximum atomic E-state index is 11.9. The number of rotatable bonds is 7. The summed E-state index contributed by atoms with van der Waals surface area (Å²) in [5, 5.41) is 11.4. The Morgan fingerprint density at radius 2 is 2.06 bits per heavy atom. The highest BCUT2D eigenvalue weighted by molar-refractivity contribution is 5.76. The van der Waals surface area contributed by atoms with Gasteiger partial charge in [-0.15, -0.1) is 6.58 Å². The van der Waals surface area contributed by atoms with Crippen molar-refractivity contribution in [2.75, 3.05) is 6.54 Å². The van der Waals surface area contributed by atoms with E-state index in [1.807, 2.05) is 20.8 Å². The van der Waals surface area contributed by atoms with Crippen LogP contribution in [-0.4, -0.2) is 40.6 Å². The predicted molar refractivity (Wildman–Crippen MR) is 66.9 cm³/mol. The molecule has 0 rings (SSSR count). The Morgan fingerprint density at radius 1 is 1.47 bits per heavy atom. The number of hydrogen-bond donors (Lipinski definition) is 2. The first-order chi connectivity index (χ1) is 7.92. The van der Waals surface area contributed by atoms with Crippen molar-refractivity contribution < 1.29 is 14.7 Å². The summed E-state index contributed by atoms with van der Waals surface area (Å²) in [5.41, 5.74) is 0. The lowest BCUT2D eigenvalue weighted by Crippen LogP contribution is -2.48. The van der Waals surface area contributed by atoms with Gasteiger partial charge in [-0.2, -0.15) is 0 Å². The van der Waals surface area contributed by atoms with Crippen molar-refractivity contribution >= 4 is 12.0 Å². The second-order valence-corrected chi connectivity index (χ2v) is 4.19. The van der Waals surface area contributed by atoms with Crippen molar-refractivity contribution in [2.45, 2.75) is 45.7 Å². The lowest BCUT2D eigenvalue weighted by Gasteiger charge is -2.27. The third-order valence-corrected chi connectivity index (χ3v) is 2.45. The molecule has 2 N–H and O–H groups in total. The van der Waals surface area contributed by atoms with Gasteiger partial charge in [0, 0.05) is 18.6 Å². The number of urea groups is 1. The normalized spacial score (nSPS) is 12.0. The summed E-state index contributed by atoms with van der Waals surface area (Å²) in [4.78, 5) is 24.1. The van der Waals surface area contributed by atoms with Crippen molar-refractivity contribution in [2.24, 2.45) is 0 Å². The van der Waals surface area contributed by atoms with Gasteiger partial charge < -0.3 is 15.3 Å². The van der Waals surface area contributed by atoms with E-state index < -0.39 is 5.97 Å². The van der Waals surface area contributed by atoms with E-state index in [4.69, 9.17) is 5.11 Å². The molecule has 17 heavy (non-hydrogen) atoms. The van der Waals surface area contributed by atoms with E-state index in [2.05, 4.69) is 11.9 Å². The fourth-order valence-electron chi connectivity index (χ4n) is 1.43. The highest BCUT2D eigenvalue weighted by Crippen LogP contribution is 2.03. The molecule has 0 saturated heterocycles. The van der Waals surface area contributed by atoms with Gasteiger partial charge >= 0.3 is 12.0 Å². The Morgan fingerprint density at radius 3 is 2.41 bits per heavy atom. The van der Waals surface area contributed by atoms with Crippen LogP contribution < -0.4 is 5.32 Å². The molecule has 0 radical (unpaired) electrons. The van der Waals surface area contributed by atoms with E-state index in [9.17, 15) is 9.59 Å². The molecule has 1 unspecified atom stereocenters. The number of carbonyl (C=O) groups excluding carboxylic acids is 1. The molecule has 0 aliphatic carbocycles. The Labute approximate surface area is 102 Å². The molecular formula is C12H22N2O3. The first-order valence-electron chi connectivity index (χ1n) is 5.82. The van der Waals surface area contributed by atoms with Crippen LogP contribution in [0.5, 0.6) is 0 Å². The highest BCUT2D eigenvalue weighted by Gasteiger charge is 2.19. The third kappa shape index (κ3) is 5.94. The molecule has 5 nitrogen and oxygen atoms in total. The summed E-state index contributed by atoms with van der Waals surface area (Å²) in [6.45, 7) is 9.70. The number of carboxylic acids is 1. The van der Waals surface area contributed by atoms with Crippen LogP contribution >= 0.6 is 0 Å². The minimum absolute atomic E-state index is 0.0512. The number of nitrogens with zero attached hydrogens (tertiary/aromatic N) is 1. The quantitative estimate of drug-likeness (QED) is 0.669. The summed E-state index contributed by atoms with van der Waals surface area (Å²) in [6.07, 6.45) is 2.19. The van der Waals surface area contributed by atoms with Crippen LogP contribution in [0.1, 0.15) is 33.6 Å². The van der Waals surface area contributed by atoms with Crippen LogP contribution in [0.15, 0.2) is 12.7 Å². The van der Waals surface area contributed by atoms with Crippen molar-refractivity contribution in [3.05, 3.63) is 12.7 Å². The standard InChI is InChI=1S/C12H22N2O3/c1-5-7-14(9(3)4)12(17)13-10(6-2)8-11(15)16/h5,9-10H,1,6-8H2,2-4H3,(H,13,17)(H,15,16). The molecule has 5 heteroatoms. The number of aliphatic carboxylic acids is 1. The van der Waals surface area contributed by atoms with Crippen LogP contribution in [0.4, 0.5) is 4.79 Å². The van der Waals surface area contributed by atoms with Gasteiger partial charge in [0.2, 0.25) is 0 Å². The fraction of sp³-hybridized carbons (Fsp3) is 0.667. The summed E-state index contributed by atoms with van der Waals surface area (Å²) < 4.78 is 0. The molecular weight excluding hydrogens is 220 g/mol. The van der Waals surface area contributed by atoms with Crippen LogP contribution in [0.2, 0.25) is 0 Å². The summed E-state index contributed by atoms with van der Waals surface area (Å²) in [6, 6.07) is -0.519. The number of hydrogen-bond acceptors (Lipinski definition) is 2. The van der Waals surface area contributed by atoms with Gasteiger partial charge in [0.1, 0.15) is 0 Å². The molecule has 0 saturated carbocycles. The Bertz CT molecular complexity index is 277. The molecule has 0 fully saturated rings. The van der Waals surface area contributed by atoms with Crippen LogP contribution in [0.25, 0.3) is 0 Å². The van der Waals surface area contributed by atoms with Gasteiger partial charge in [0.25, 0.3) is 0 Å². The minimum Gasteiger partial charge on any atom is -0.481 e. The fourth-order valence-corrected chi connectivity index (χ4v) is 1.43. The molecule has 0 bridgehead atoms. The maximum Gasteiger partial charge on any atom is 0.318 e. The lowest BCUT2D eigenvalue weighted by atomic mass is 10.1. The smallest absolute Gasteiger partial charge is 0.318 e. The number of carbonyl (C=O) groups is 2. The molecule has 0 heterocycles. The van der Waals surface area contributed by atoms with Crippen molar-refractivity contribution in [3.63, 3.8) is 0 Å². The van der Waals surface area contributed by atoms with Crippen molar-refractivity contribution in [1.82, 2.24) is 10.2 Å². The van der Waals surface area contributed by atoms with Crippen molar-refractivity contribution in [1.29, 1.82) is 0 Å². The van der Waals surface area contributed by atoms with Gasteiger partial charge in [0.15, 0.2) is 0 Å². The zero-order valence-electron chi connectivity index (χ0n) is 10.8. The molecule has 0 aromatic carbocycles.